The van der Waals surface area contributed by atoms with E-state index in [2.05, 4.69) is 5.32 Å². The Balaban J connectivity index is 0.00000256. The van der Waals surface area contributed by atoms with Crippen LogP contribution in [-0.4, -0.2) is 54.5 Å². The number of hydrogen-bond donors (Lipinski definition) is 2. The maximum atomic E-state index is 11.8. The number of carbonyl (C=O) groups excluding carboxylic acids is 1. The minimum atomic E-state index is -0.467. The minimum Gasteiger partial charge on any atom is -0.444 e. The molecule has 6 heteroatoms. The van der Waals surface area contributed by atoms with Crippen LogP contribution in [0.1, 0.15) is 20.8 Å². The van der Waals surface area contributed by atoms with Gasteiger partial charge in [0.15, 0.2) is 0 Å². The van der Waals surface area contributed by atoms with Crippen molar-refractivity contribution in [2.75, 3.05) is 32.8 Å². The van der Waals surface area contributed by atoms with Gasteiger partial charge in [0.05, 0.1) is 0 Å². The summed E-state index contributed by atoms with van der Waals surface area (Å²) < 4.78 is 5.30. The lowest BCUT2D eigenvalue weighted by Crippen LogP contribution is -2.40. The Morgan fingerprint density at radius 3 is 2.71 bits per heavy atom. The van der Waals surface area contributed by atoms with E-state index in [1.165, 1.54) is 0 Å². The van der Waals surface area contributed by atoms with Crippen LogP contribution in [0.2, 0.25) is 0 Å². The van der Waals surface area contributed by atoms with Crippen molar-refractivity contribution in [2.24, 2.45) is 5.92 Å². The summed E-state index contributed by atoms with van der Waals surface area (Å²) in [6.45, 7) is 8.32. The molecule has 17 heavy (non-hydrogen) atoms. The monoisotopic (exact) mass is 266 g/mol. The number of carbonyl (C=O) groups is 1. The van der Waals surface area contributed by atoms with Crippen molar-refractivity contribution in [1.29, 1.82) is 0 Å². The number of aliphatic hydroxyl groups excluding tert-OH is 1. The van der Waals surface area contributed by atoms with Gasteiger partial charge in [-0.25, -0.2) is 4.79 Å². The quantitative estimate of drug-likeness (QED) is 0.739. The van der Waals surface area contributed by atoms with Gasteiger partial charge in [-0.2, -0.15) is 0 Å². The van der Waals surface area contributed by atoms with Crippen molar-refractivity contribution in [3.63, 3.8) is 0 Å². The molecule has 5 nitrogen and oxygen atoms in total. The van der Waals surface area contributed by atoms with Crippen molar-refractivity contribution in [3.8, 4) is 0 Å². The molecule has 1 rings (SSSR count). The van der Waals surface area contributed by atoms with Crippen molar-refractivity contribution in [2.45, 2.75) is 26.4 Å². The maximum Gasteiger partial charge on any atom is 0.410 e. The fraction of sp³-hybridized carbons (Fsp3) is 0.909. The molecule has 1 saturated heterocycles. The highest BCUT2D eigenvalue weighted by Gasteiger charge is 2.25. The van der Waals surface area contributed by atoms with Crippen LogP contribution in [0.3, 0.4) is 0 Å². The van der Waals surface area contributed by atoms with Gasteiger partial charge in [0.1, 0.15) is 5.60 Å². The Labute approximate surface area is 109 Å². The molecule has 0 bridgehead atoms. The highest BCUT2D eigenvalue weighted by atomic mass is 35.5. The fourth-order valence-corrected chi connectivity index (χ4v) is 1.60. The lowest BCUT2D eigenvalue weighted by Gasteiger charge is -2.27. The summed E-state index contributed by atoms with van der Waals surface area (Å²) in [4.78, 5) is 13.5. The molecule has 0 saturated carbocycles. The number of nitrogens with zero attached hydrogens (tertiary/aromatic N) is 1. The summed E-state index contributed by atoms with van der Waals surface area (Å²) in [5.41, 5.74) is -0.467. The second-order valence-electron chi connectivity index (χ2n) is 5.18. The van der Waals surface area contributed by atoms with Crippen LogP contribution in [0.4, 0.5) is 4.79 Å². The van der Waals surface area contributed by atoms with E-state index < -0.39 is 5.60 Å². The molecule has 0 aromatic rings. The van der Waals surface area contributed by atoms with Crippen molar-refractivity contribution < 1.29 is 14.6 Å². The van der Waals surface area contributed by atoms with E-state index in [4.69, 9.17) is 9.84 Å². The van der Waals surface area contributed by atoms with E-state index in [1.807, 2.05) is 20.8 Å². The Hall–Kier alpha value is -0.520. The van der Waals surface area contributed by atoms with Crippen molar-refractivity contribution in [1.82, 2.24) is 10.2 Å². The molecule has 0 spiro atoms. The first-order chi connectivity index (χ1) is 7.42. The van der Waals surface area contributed by atoms with Crippen molar-refractivity contribution >= 4 is 18.5 Å². The molecule has 1 aliphatic rings. The molecular weight excluding hydrogens is 244 g/mol. The zero-order valence-electron chi connectivity index (χ0n) is 10.7. The molecular formula is C11H23ClN2O3. The second kappa shape index (κ2) is 7.03. The summed E-state index contributed by atoms with van der Waals surface area (Å²) in [5.74, 6) is 0.0926. The number of halogens is 1. The first-order valence-electron chi connectivity index (χ1n) is 5.72. The number of nitrogens with one attached hydrogen (secondary N) is 1. The number of hydrogen-bond acceptors (Lipinski definition) is 4. The normalized spacial score (nSPS) is 21.4. The molecule has 2 N–H and O–H groups in total. The van der Waals surface area contributed by atoms with Gasteiger partial charge in [-0.05, 0) is 20.8 Å². The summed E-state index contributed by atoms with van der Waals surface area (Å²) in [7, 11) is 0. The molecule has 1 unspecified atom stereocenters. The van der Waals surface area contributed by atoms with E-state index in [1.54, 1.807) is 4.90 Å². The number of amides is 1. The smallest absolute Gasteiger partial charge is 0.410 e. The molecule has 0 aromatic carbocycles. The van der Waals surface area contributed by atoms with Gasteiger partial charge >= 0.3 is 6.09 Å². The SMILES string of the molecule is CC(C)(C)OC(=O)N1CCNCC(CO)C1.Cl. The lowest BCUT2D eigenvalue weighted by atomic mass is 10.1. The zero-order valence-corrected chi connectivity index (χ0v) is 11.5. The molecule has 0 aliphatic carbocycles. The summed E-state index contributed by atoms with van der Waals surface area (Å²) in [5, 5.41) is 12.3. The van der Waals surface area contributed by atoms with E-state index in [0.29, 0.717) is 13.1 Å². The Bertz CT molecular complexity index is 243. The maximum absolute atomic E-state index is 11.8. The first kappa shape index (κ1) is 16.5. The molecule has 1 heterocycles. The minimum absolute atomic E-state index is 0. The van der Waals surface area contributed by atoms with Gasteiger partial charge in [-0.3, -0.25) is 0 Å². The zero-order chi connectivity index (χ0) is 12.2. The lowest BCUT2D eigenvalue weighted by molar-refractivity contribution is 0.0227. The van der Waals surface area contributed by atoms with Gasteiger partial charge in [0.25, 0.3) is 0 Å². The summed E-state index contributed by atoms with van der Waals surface area (Å²) in [6, 6.07) is 0. The van der Waals surface area contributed by atoms with E-state index >= 15 is 0 Å². The number of rotatable bonds is 1. The van der Waals surface area contributed by atoms with Crippen LogP contribution >= 0.6 is 12.4 Å². The number of aliphatic hydroxyl groups is 1. The molecule has 1 fully saturated rings. The van der Waals surface area contributed by atoms with Crippen LogP contribution < -0.4 is 5.32 Å². The highest BCUT2D eigenvalue weighted by Crippen LogP contribution is 2.12. The van der Waals surface area contributed by atoms with Gasteiger partial charge < -0.3 is 20.1 Å². The topological polar surface area (TPSA) is 61.8 Å². The predicted molar refractivity (Wildman–Crippen MR) is 68.5 cm³/mol. The highest BCUT2D eigenvalue weighted by molar-refractivity contribution is 5.85. The predicted octanol–water partition coefficient (Wildman–Crippen LogP) is 0.857. The van der Waals surface area contributed by atoms with E-state index in [-0.39, 0.29) is 31.0 Å². The molecule has 1 aliphatic heterocycles. The molecule has 0 radical (unpaired) electrons. The van der Waals surface area contributed by atoms with Gasteiger partial charge in [-0.15, -0.1) is 12.4 Å². The van der Waals surface area contributed by atoms with E-state index in [9.17, 15) is 4.79 Å². The third kappa shape index (κ3) is 6.10. The van der Waals surface area contributed by atoms with E-state index in [0.717, 1.165) is 13.1 Å². The standard InChI is InChI=1S/C11H22N2O3.ClH/c1-11(2,3)16-10(15)13-5-4-12-6-9(7-13)8-14;/h9,12,14H,4-8H2,1-3H3;1H. The Kier molecular flexibility index (Phi) is 6.82. The van der Waals surface area contributed by atoms with Crippen LogP contribution in [0, 0.1) is 5.92 Å². The average molecular weight is 267 g/mol. The summed E-state index contributed by atoms with van der Waals surface area (Å²) >= 11 is 0. The molecule has 1 amide bonds. The third-order valence-electron chi connectivity index (χ3n) is 2.38. The Morgan fingerprint density at radius 2 is 2.18 bits per heavy atom. The van der Waals surface area contributed by atoms with Crippen molar-refractivity contribution in [3.05, 3.63) is 0 Å². The average Bonchev–Trinajstić information content (AvgIpc) is 2.39. The largest absolute Gasteiger partial charge is 0.444 e. The third-order valence-corrected chi connectivity index (χ3v) is 2.38. The van der Waals surface area contributed by atoms with Crippen LogP contribution in [0.5, 0.6) is 0 Å². The molecule has 102 valence electrons. The van der Waals surface area contributed by atoms with Gasteiger partial charge in [0, 0.05) is 38.7 Å². The van der Waals surface area contributed by atoms with Crippen LogP contribution in [-0.2, 0) is 4.74 Å². The molecule has 1 atom stereocenters. The second-order valence-corrected chi connectivity index (χ2v) is 5.18. The van der Waals surface area contributed by atoms with Gasteiger partial charge in [0.2, 0.25) is 0 Å². The Morgan fingerprint density at radius 1 is 1.53 bits per heavy atom. The first-order valence-corrected chi connectivity index (χ1v) is 5.72. The number of ether oxygens (including phenoxy) is 1. The van der Waals surface area contributed by atoms with Crippen LogP contribution in [0.15, 0.2) is 0 Å². The van der Waals surface area contributed by atoms with Gasteiger partial charge in [-0.1, -0.05) is 0 Å². The van der Waals surface area contributed by atoms with Crippen LogP contribution in [0.25, 0.3) is 0 Å². The fourth-order valence-electron chi connectivity index (χ4n) is 1.60. The molecule has 0 aromatic heterocycles. The summed E-state index contributed by atoms with van der Waals surface area (Å²) in [6.07, 6.45) is -0.297.